The second-order valence-electron chi connectivity index (χ2n) is 4.38. The minimum absolute atomic E-state index is 0.139. The summed E-state index contributed by atoms with van der Waals surface area (Å²) < 4.78 is 5.03. The molecule has 0 aliphatic carbocycles. The Kier molecular flexibility index (Phi) is 4.27. The van der Waals surface area contributed by atoms with E-state index in [4.69, 9.17) is 4.74 Å². The number of nitrogens with zero attached hydrogens (tertiary/aromatic N) is 2. The number of carbonyl (C=O) groups excluding carboxylic acids is 1. The molecule has 4 nitrogen and oxygen atoms in total. The van der Waals surface area contributed by atoms with Crippen molar-refractivity contribution in [1.29, 1.82) is 0 Å². The maximum absolute atomic E-state index is 11.9. The van der Waals surface area contributed by atoms with E-state index in [0.29, 0.717) is 18.0 Å². The summed E-state index contributed by atoms with van der Waals surface area (Å²) in [7, 11) is 0. The third-order valence-electron chi connectivity index (χ3n) is 2.64. The maximum Gasteiger partial charge on any atom is 0.341 e. The van der Waals surface area contributed by atoms with Crippen molar-refractivity contribution in [3.63, 3.8) is 0 Å². The highest BCUT2D eigenvalue weighted by molar-refractivity contribution is 7.08. The van der Waals surface area contributed by atoms with Crippen LogP contribution in [0.3, 0.4) is 0 Å². The number of thiophene rings is 1. The van der Waals surface area contributed by atoms with Gasteiger partial charge in [-0.05, 0) is 24.3 Å². The van der Waals surface area contributed by atoms with Crippen LogP contribution in [0.4, 0.5) is 0 Å². The molecule has 0 saturated heterocycles. The Labute approximate surface area is 116 Å². The summed E-state index contributed by atoms with van der Waals surface area (Å²) in [5.74, 6) is 0.431. The number of aromatic nitrogens is 2. The number of ether oxygens (including phenoxy) is 1. The van der Waals surface area contributed by atoms with Crippen LogP contribution in [-0.4, -0.2) is 22.5 Å². The molecule has 19 heavy (non-hydrogen) atoms. The summed E-state index contributed by atoms with van der Waals surface area (Å²) in [5.41, 5.74) is 2.16. The standard InChI is InChI=1S/C14H16N2O2S/c1-4-18-14(17)11-7-15-13(10-5-6-19-8-10)16-12(11)9(2)3/h5-9H,4H2,1-3H3. The Hall–Kier alpha value is -1.75. The van der Waals surface area contributed by atoms with Crippen LogP contribution in [-0.2, 0) is 4.74 Å². The minimum Gasteiger partial charge on any atom is -0.462 e. The van der Waals surface area contributed by atoms with E-state index in [-0.39, 0.29) is 11.9 Å². The average molecular weight is 276 g/mol. The Bertz CT molecular complexity index is 565. The van der Waals surface area contributed by atoms with Crippen LogP contribution in [0.25, 0.3) is 11.4 Å². The molecule has 0 radical (unpaired) electrons. The van der Waals surface area contributed by atoms with Crippen molar-refractivity contribution in [2.24, 2.45) is 0 Å². The van der Waals surface area contributed by atoms with E-state index < -0.39 is 0 Å². The van der Waals surface area contributed by atoms with Gasteiger partial charge < -0.3 is 4.74 Å². The number of rotatable bonds is 4. The number of hydrogen-bond acceptors (Lipinski definition) is 5. The van der Waals surface area contributed by atoms with Crippen LogP contribution in [0.15, 0.2) is 23.0 Å². The van der Waals surface area contributed by atoms with Gasteiger partial charge in [-0.15, -0.1) is 0 Å². The fourth-order valence-corrected chi connectivity index (χ4v) is 2.37. The van der Waals surface area contributed by atoms with Gasteiger partial charge in [0.05, 0.1) is 17.9 Å². The van der Waals surface area contributed by atoms with Gasteiger partial charge in [0.15, 0.2) is 5.82 Å². The monoisotopic (exact) mass is 276 g/mol. The molecule has 0 amide bonds. The summed E-state index contributed by atoms with van der Waals surface area (Å²) in [6.45, 7) is 6.14. The lowest BCUT2D eigenvalue weighted by molar-refractivity contribution is 0.0523. The molecule has 5 heteroatoms. The van der Waals surface area contributed by atoms with Crippen LogP contribution in [0.5, 0.6) is 0 Å². The number of esters is 1. The summed E-state index contributed by atoms with van der Waals surface area (Å²) >= 11 is 1.60. The topological polar surface area (TPSA) is 52.1 Å². The van der Waals surface area contributed by atoms with Crippen molar-refractivity contribution in [3.05, 3.63) is 34.3 Å². The third kappa shape index (κ3) is 2.98. The van der Waals surface area contributed by atoms with E-state index in [0.717, 1.165) is 11.3 Å². The van der Waals surface area contributed by atoms with Gasteiger partial charge in [-0.25, -0.2) is 14.8 Å². The van der Waals surface area contributed by atoms with E-state index in [9.17, 15) is 4.79 Å². The normalized spacial score (nSPS) is 10.7. The number of carbonyl (C=O) groups is 1. The van der Waals surface area contributed by atoms with Crippen LogP contribution < -0.4 is 0 Å². The molecule has 0 unspecified atom stereocenters. The molecule has 0 aromatic carbocycles. The summed E-state index contributed by atoms with van der Waals surface area (Å²) in [4.78, 5) is 20.6. The van der Waals surface area contributed by atoms with Crippen molar-refractivity contribution in [2.45, 2.75) is 26.7 Å². The molecule has 2 rings (SSSR count). The molecule has 100 valence electrons. The molecule has 0 aliphatic heterocycles. The molecule has 0 aliphatic rings. The number of hydrogen-bond donors (Lipinski definition) is 0. The van der Waals surface area contributed by atoms with Gasteiger partial charge in [0.1, 0.15) is 0 Å². The second-order valence-corrected chi connectivity index (χ2v) is 5.16. The molecular formula is C14H16N2O2S. The molecule has 2 heterocycles. The smallest absolute Gasteiger partial charge is 0.341 e. The molecule has 0 bridgehead atoms. The predicted molar refractivity (Wildman–Crippen MR) is 75.4 cm³/mol. The van der Waals surface area contributed by atoms with Crippen molar-refractivity contribution < 1.29 is 9.53 Å². The van der Waals surface area contributed by atoms with Gasteiger partial charge in [-0.3, -0.25) is 0 Å². The second kappa shape index (κ2) is 5.93. The van der Waals surface area contributed by atoms with E-state index >= 15 is 0 Å². The largest absolute Gasteiger partial charge is 0.462 e. The van der Waals surface area contributed by atoms with Gasteiger partial charge in [0.25, 0.3) is 0 Å². The zero-order valence-electron chi connectivity index (χ0n) is 11.2. The molecule has 0 N–H and O–H groups in total. The first-order chi connectivity index (χ1) is 9.13. The van der Waals surface area contributed by atoms with E-state index in [1.54, 1.807) is 24.5 Å². The average Bonchev–Trinajstić information content (AvgIpc) is 2.92. The lowest BCUT2D eigenvalue weighted by Gasteiger charge is -2.11. The van der Waals surface area contributed by atoms with Gasteiger partial charge in [-0.1, -0.05) is 13.8 Å². The van der Waals surface area contributed by atoms with Crippen molar-refractivity contribution in [2.75, 3.05) is 6.61 Å². The van der Waals surface area contributed by atoms with Crippen LogP contribution in [0, 0.1) is 0 Å². The molecule has 0 fully saturated rings. The van der Waals surface area contributed by atoms with Gasteiger partial charge in [0.2, 0.25) is 0 Å². The highest BCUT2D eigenvalue weighted by atomic mass is 32.1. The van der Waals surface area contributed by atoms with E-state index in [1.165, 1.54) is 0 Å². The van der Waals surface area contributed by atoms with Crippen molar-refractivity contribution in [3.8, 4) is 11.4 Å². The zero-order chi connectivity index (χ0) is 13.8. The molecular weight excluding hydrogens is 260 g/mol. The van der Waals surface area contributed by atoms with Crippen LogP contribution in [0.2, 0.25) is 0 Å². The molecule has 0 saturated carbocycles. The SMILES string of the molecule is CCOC(=O)c1cnc(-c2ccsc2)nc1C(C)C. The van der Waals surface area contributed by atoms with Crippen molar-refractivity contribution >= 4 is 17.3 Å². The van der Waals surface area contributed by atoms with Gasteiger partial charge in [0, 0.05) is 17.1 Å². The first-order valence-corrected chi connectivity index (χ1v) is 7.14. The molecule has 2 aromatic rings. The molecule has 0 atom stereocenters. The van der Waals surface area contributed by atoms with Crippen LogP contribution >= 0.6 is 11.3 Å². The molecule has 0 spiro atoms. The van der Waals surface area contributed by atoms with E-state index in [2.05, 4.69) is 9.97 Å². The summed E-state index contributed by atoms with van der Waals surface area (Å²) in [6.07, 6.45) is 1.56. The van der Waals surface area contributed by atoms with Gasteiger partial charge >= 0.3 is 5.97 Å². The molecule has 2 aromatic heterocycles. The zero-order valence-corrected chi connectivity index (χ0v) is 12.0. The van der Waals surface area contributed by atoms with Gasteiger partial charge in [-0.2, -0.15) is 11.3 Å². The Balaban J connectivity index is 2.44. The lowest BCUT2D eigenvalue weighted by atomic mass is 10.0. The Morgan fingerprint density at radius 2 is 2.26 bits per heavy atom. The van der Waals surface area contributed by atoms with E-state index in [1.807, 2.05) is 30.7 Å². The summed E-state index contributed by atoms with van der Waals surface area (Å²) in [6, 6.07) is 1.97. The minimum atomic E-state index is -0.358. The fraction of sp³-hybridized carbons (Fsp3) is 0.357. The Morgan fingerprint density at radius 1 is 1.47 bits per heavy atom. The highest BCUT2D eigenvalue weighted by Gasteiger charge is 2.18. The maximum atomic E-state index is 11.9. The fourth-order valence-electron chi connectivity index (χ4n) is 1.73. The first-order valence-electron chi connectivity index (χ1n) is 6.20. The Morgan fingerprint density at radius 3 is 2.84 bits per heavy atom. The quantitative estimate of drug-likeness (QED) is 0.802. The lowest BCUT2D eigenvalue weighted by Crippen LogP contribution is -2.12. The van der Waals surface area contributed by atoms with Crippen molar-refractivity contribution in [1.82, 2.24) is 9.97 Å². The summed E-state index contributed by atoms with van der Waals surface area (Å²) in [5, 5.41) is 3.97. The predicted octanol–water partition coefficient (Wildman–Crippen LogP) is 3.51. The third-order valence-corrected chi connectivity index (χ3v) is 3.32. The first kappa shape index (κ1) is 13.7. The van der Waals surface area contributed by atoms with Crippen LogP contribution in [0.1, 0.15) is 42.7 Å². The highest BCUT2D eigenvalue weighted by Crippen LogP contribution is 2.23.